The van der Waals surface area contributed by atoms with Gasteiger partial charge < -0.3 is 15.2 Å². The zero-order chi connectivity index (χ0) is 12.1. The molecule has 0 aromatic rings. The van der Waals surface area contributed by atoms with E-state index in [1.807, 2.05) is 0 Å². The molecule has 3 atom stereocenters. The second-order valence-corrected chi connectivity index (χ2v) is 5.00. The van der Waals surface area contributed by atoms with Gasteiger partial charge in [0, 0.05) is 0 Å². The molecule has 3 unspecified atom stereocenters. The van der Waals surface area contributed by atoms with Gasteiger partial charge in [-0.05, 0) is 31.1 Å². The molecule has 1 aliphatic carbocycles. The Morgan fingerprint density at radius 2 is 1.88 bits per heavy atom. The highest BCUT2D eigenvalue weighted by molar-refractivity contribution is 5.75. The zero-order valence-electron chi connectivity index (χ0n) is 10.4. The van der Waals surface area contributed by atoms with E-state index in [0.29, 0.717) is 11.8 Å². The molecule has 0 radical (unpaired) electrons. The maximum absolute atomic E-state index is 11.1. The van der Waals surface area contributed by atoms with Crippen molar-refractivity contribution in [1.29, 1.82) is 0 Å². The first-order valence-corrected chi connectivity index (χ1v) is 5.98. The summed E-state index contributed by atoms with van der Waals surface area (Å²) < 4.78 is 10.2. The Balaban J connectivity index is 2.29. The number of hydrogen-bond donors (Lipinski definition) is 1. The van der Waals surface area contributed by atoms with E-state index in [2.05, 4.69) is 18.6 Å². The molecule has 1 saturated carbocycles. The van der Waals surface area contributed by atoms with Gasteiger partial charge in [-0.25, -0.2) is 0 Å². The highest BCUT2D eigenvalue weighted by Crippen LogP contribution is 2.30. The van der Waals surface area contributed by atoms with Gasteiger partial charge in [-0.15, -0.1) is 0 Å². The number of rotatable bonds is 4. The zero-order valence-corrected chi connectivity index (χ0v) is 10.4. The van der Waals surface area contributed by atoms with Crippen molar-refractivity contribution < 1.29 is 14.3 Å². The number of nitrogens with two attached hydrogens (primary N) is 1. The maximum atomic E-state index is 11.1. The lowest BCUT2D eigenvalue weighted by molar-refractivity contribution is -0.144. The molecule has 1 fully saturated rings. The fraction of sp³-hybridized carbons (Fsp3) is 0.917. The van der Waals surface area contributed by atoms with Gasteiger partial charge in [0.05, 0.1) is 19.8 Å². The third kappa shape index (κ3) is 4.10. The van der Waals surface area contributed by atoms with Gasteiger partial charge in [0.25, 0.3) is 0 Å². The summed E-state index contributed by atoms with van der Waals surface area (Å²) in [6.07, 6.45) is 3.65. The molecule has 1 aliphatic rings. The molecule has 0 heterocycles. The van der Waals surface area contributed by atoms with E-state index in [9.17, 15) is 4.79 Å². The van der Waals surface area contributed by atoms with E-state index < -0.39 is 12.0 Å². The predicted molar refractivity (Wildman–Crippen MR) is 61.9 cm³/mol. The van der Waals surface area contributed by atoms with Crippen molar-refractivity contribution in [2.45, 2.75) is 45.3 Å². The third-order valence-corrected chi connectivity index (χ3v) is 3.15. The topological polar surface area (TPSA) is 61.5 Å². The summed E-state index contributed by atoms with van der Waals surface area (Å²) in [7, 11) is 1.34. The smallest absolute Gasteiger partial charge is 0.325 e. The number of hydrogen-bond acceptors (Lipinski definition) is 4. The first-order valence-electron chi connectivity index (χ1n) is 5.98. The minimum Gasteiger partial charge on any atom is -0.468 e. The fourth-order valence-electron chi connectivity index (χ4n) is 2.47. The van der Waals surface area contributed by atoms with Crippen LogP contribution in [-0.2, 0) is 14.3 Å². The number of esters is 1. The molecule has 4 nitrogen and oxygen atoms in total. The lowest BCUT2D eigenvalue weighted by atomic mass is 9.82. The largest absolute Gasteiger partial charge is 0.468 e. The molecule has 0 aromatic heterocycles. The van der Waals surface area contributed by atoms with Crippen LogP contribution >= 0.6 is 0 Å². The van der Waals surface area contributed by atoms with Crippen LogP contribution in [0.25, 0.3) is 0 Å². The molecule has 0 aromatic carbocycles. The quantitative estimate of drug-likeness (QED) is 0.739. The highest BCUT2D eigenvalue weighted by atomic mass is 16.5. The Hall–Kier alpha value is -0.610. The van der Waals surface area contributed by atoms with Gasteiger partial charge in [-0.2, -0.15) is 0 Å². The number of carbonyl (C=O) groups excluding carboxylic acids is 1. The summed E-state index contributed by atoms with van der Waals surface area (Å²) >= 11 is 0. The Labute approximate surface area is 97.5 Å². The van der Waals surface area contributed by atoms with Crippen LogP contribution in [-0.4, -0.2) is 31.8 Å². The molecular weight excluding hydrogens is 206 g/mol. The normalized spacial score (nSPS) is 32.1. The molecule has 16 heavy (non-hydrogen) atoms. The summed E-state index contributed by atoms with van der Waals surface area (Å²) in [5, 5.41) is 0. The van der Waals surface area contributed by atoms with Crippen LogP contribution in [0.15, 0.2) is 0 Å². The van der Waals surface area contributed by atoms with Gasteiger partial charge in [-0.1, -0.05) is 13.8 Å². The Morgan fingerprint density at radius 1 is 1.31 bits per heavy atom. The fourth-order valence-corrected chi connectivity index (χ4v) is 2.47. The molecule has 0 bridgehead atoms. The molecule has 0 saturated heterocycles. The lowest BCUT2D eigenvalue weighted by Crippen LogP contribution is -2.38. The molecule has 2 N–H and O–H groups in total. The SMILES string of the molecule is COC(=O)C(N)COC1CC(C)CC(C)C1. The predicted octanol–water partition coefficient (Wildman–Crippen LogP) is 1.33. The number of ether oxygens (including phenoxy) is 2. The molecule has 0 spiro atoms. The van der Waals surface area contributed by atoms with Crippen molar-refractivity contribution in [3.05, 3.63) is 0 Å². The summed E-state index contributed by atoms with van der Waals surface area (Å²) in [6, 6.07) is -0.655. The molecule has 0 aliphatic heterocycles. The average Bonchev–Trinajstić information content (AvgIpc) is 2.23. The first kappa shape index (κ1) is 13.5. The van der Waals surface area contributed by atoms with E-state index in [1.54, 1.807) is 0 Å². The maximum Gasteiger partial charge on any atom is 0.325 e. The van der Waals surface area contributed by atoms with Crippen LogP contribution in [0.5, 0.6) is 0 Å². The average molecular weight is 229 g/mol. The van der Waals surface area contributed by atoms with E-state index in [0.717, 1.165) is 12.8 Å². The van der Waals surface area contributed by atoms with Crippen LogP contribution < -0.4 is 5.73 Å². The Bertz CT molecular complexity index is 222. The Kier molecular flexibility index (Phi) is 5.22. The number of carbonyl (C=O) groups is 1. The van der Waals surface area contributed by atoms with Crippen molar-refractivity contribution >= 4 is 5.97 Å². The summed E-state index contributed by atoms with van der Waals surface area (Å²) in [5.41, 5.74) is 5.61. The monoisotopic (exact) mass is 229 g/mol. The van der Waals surface area contributed by atoms with E-state index in [4.69, 9.17) is 10.5 Å². The molecule has 1 rings (SSSR count). The second kappa shape index (κ2) is 6.21. The lowest BCUT2D eigenvalue weighted by Gasteiger charge is -2.31. The second-order valence-electron chi connectivity index (χ2n) is 5.00. The molecule has 4 heteroatoms. The summed E-state index contributed by atoms with van der Waals surface area (Å²) in [5.74, 6) is 0.989. The standard InChI is InChI=1S/C12H23NO3/c1-8-4-9(2)6-10(5-8)16-7-11(13)12(14)15-3/h8-11H,4-7,13H2,1-3H3. The van der Waals surface area contributed by atoms with E-state index in [-0.39, 0.29) is 12.7 Å². The summed E-state index contributed by atoms with van der Waals surface area (Å²) in [6.45, 7) is 4.75. The van der Waals surface area contributed by atoms with Crippen molar-refractivity contribution in [3.63, 3.8) is 0 Å². The van der Waals surface area contributed by atoms with Crippen LogP contribution in [0.1, 0.15) is 33.1 Å². The van der Waals surface area contributed by atoms with Gasteiger partial charge in [0.15, 0.2) is 0 Å². The minimum absolute atomic E-state index is 0.245. The van der Waals surface area contributed by atoms with Gasteiger partial charge >= 0.3 is 5.97 Å². The third-order valence-electron chi connectivity index (χ3n) is 3.15. The van der Waals surface area contributed by atoms with E-state index in [1.165, 1.54) is 13.5 Å². The molecule has 0 amide bonds. The van der Waals surface area contributed by atoms with Crippen LogP contribution in [0, 0.1) is 11.8 Å². The van der Waals surface area contributed by atoms with Crippen molar-refractivity contribution in [2.24, 2.45) is 17.6 Å². The number of methoxy groups -OCH3 is 1. The van der Waals surface area contributed by atoms with E-state index >= 15 is 0 Å². The van der Waals surface area contributed by atoms with Gasteiger partial charge in [-0.3, -0.25) is 4.79 Å². The van der Waals surface area contributed by atoms with Crippen molar-refractivity contribution in [3.8, 4) is 0 Å². The van der Waals surface area contributed by atoms with Gasteiger partial charge in [0.1, 0.15) is 6.04 Å². The first-order chi connectivity index (χ1) is 7.52. The van der Waals surface area contributed by atoms with Crippen LogP contribution in [0.2, 0.25) is 0 Å². The van der Waals surface area contributed by atoms with Crippen LogP contribution in [0.4, 0.5) is 0 Å². The minimum atomic E-state index is -0.655. The van der Waals surface area contributed by atoms with Gasteiger partial charge in [0.2, 0.25) is 0 Å². The highest BCUT2D eigenvalue weighted by Gasteiger charge is 2.25. The Morgan fingerprint density at radius 3 is 2.38 bits per heavy atom. The van der Waals surface area contributed by atoms with Crippen molar-refractivity contribution in [2.75, 3.05) is 13.7 Å². The van der Waals surface area contributed by atoms with Crippen LogP contribution in [0.3, 0.4) is 0 Å². The van der Waals surface area contributed by atoms with Crippen molar-refractivity contribution in [1.82, 2.24) is 0 Å². The molecule has 94 valence electrons. The summed E-state index contributed by atoms with van der Waals surface area (Å²) in [4.78, 5) is 11.1. The molecular formula is C12H23NO3.